The molecule has 4 nitrogen and oxygen atoms in total. The molecule has 74 valence electrons. The van der Waals surface area contributed by atoms with Gasteiger partial charge in [0.1, 0.15) is 14.0 Å². The highest BCUT2D eigenvalue weighted by molar-refractivity contribution is 7.81. The van der Waals surface area contributed by atoms with Gasteiger partial charge < -0.3 is 0 Å². The first-order valence-corrected chi connectivity index (χ1v) is 6.28. The number of nitrogens with zero attached hydrogens (tertiary/aromatic N) is 2. The Morgan fingerprint density at radius 3 is 2.43 bits per heavy atom. The molecule has 2 rings (SSSR count). The Balaban J connectivity index is 3.31. The van der Waals surface area contributed by atoms with Gasteiger partial charge in [-0.05, 0) is 0 Å². The average Bonchev–Trinajstić information content (AvgIpc) is 2.54. The molecule has 0 aliphatic carbocycles. The summed E-state index contributed by atoms with van der Waals surface area (Å²) in [6.45, 7) is 0. The van der Waals surface area contributed by atoms with Crippen LogP contribution in [0.1, 0.15) is 0 Å². The third-order valence-electron chi connectivity index (χ3n) is 2.01. The van der Waals surface area contributed by atoms with Gasteiger partial charge in [0, 0.05) is 14.1 Å². The number of rotatable bonds is 0. The molecule has 0 N–H and O–H groups in total. The Morgan fingerprint density at radius 2 is 1.79 bits per heavy atom. The van der Waals surface area contributed by atoms with Crippen LogP contribution >= 0.6 is 32.9 Å². The molecule has 2 heterocycles. The Hall–Kier alpha value is -0.790. The van der Waals surface area contributed by atoms with Gasteiger partial charge >= 0.3 is 5.69 Å². The van der Waals surface area contributed by atoms with E-state index in [1.54, 1.807) is 7.05 Å². The maximum absolute atomic E-state index is 11.7. The fourth-order valence-corrected chi connectivity index (χ4v) is 4.02. The summed E-state index contributed by atoms with van der Waals surface area (Å²) in [6, 6.07) is 0. The lowest BCUT2D eigenvalue weighted by Crippen LogP contribution is -2.36. The molecule has 0 spiro atoms. The van der Waals surface area contributed by atoms with Crippen LogP contribution in [0.5, 0.6) is 0 Å². The largest absolute Gasteiger partial charge is 0.331 e. The highest BCUT2D eigenvalue weighted by Crippen LogP contribution is 2.23. The summed E-state index contributed by atoms with van der Waals surface area (Å²) in [5.41, 5.74) is -0.614. The van der Waals surface area contributed by atoms with Gasteiger partial charge in [0.2, 0.25) is 0 Å². The second-order valence-corrected chi connectivity index (χ2v) is 5.63. The van der Waals surface area contributed by atoms with Crippen LogP contribution < -0.4 is 11.2 Å². The predicted molar refractivity (Wildman–Crippen MR) is 61.0 cm³/mol. The normalized spacial score (nSPS) is 11.0. The van der Waals surface area contributed by atoms with E-state index in [0.717, 1.165) is 4.57 Å². The summed E-state index contributed by atoms with van der Waals surface area (Å²) in [7, 11) is 5.81. The van der Waals surface area contributed by atoms with Crippen molar-refractivity contribution in [3.8, 4) is 0 Å². The van der Waals surface area contributed by atoms with Crippen molar-refractivity contribution in [2.24, 2.45) is 14.1 Å². The second-order valence-electron chi connectivity index (χ2n) is 2.84. The molecule has 0 amide bonds. The third-order valence-corrected chi connectivity index (χ3v) is 5.08. The van der Waals surface area contributed by atoms with Crippen LogP contribution in [0.2, 0.25) is 0 Å². The number of hydrogen-bond acceptors (Lipinski definition) is 5. The minimum Gasteiger partial charge on any atom is -0.287 e. The van der Waals surface area contributed by atoms with E-state index in [4.69, 9.17) is 12.2 Å². The van der Waals surface area contributed by atoms with Crippen LogP contribution in [0.3, 0.4) is 0 Å². The van der Waals surface area contributed by atoms with Crippen molar-refractivity contribution in [2.75, 3.05) is 0 Å². The van der Waals surface area contributed by atoms with E-state index in [1.807, 2.05) is 0 Å². The van der Waals surface area contributed by atoms with E-state index in [2.05, 4.69) is 0 Å². The quantitative estimate of drug-likeness (QED) is 0.516. The summed E-state index contributed by atoms with van der Waals surface area (Å²) in [6.07, 6.45) is 0. The van der Waals surface area contributed by atoms with Crippen molar-refractivity contribution in [1.82, 2.24) is 9.13 Å². The lowest BCUT2D eigenvalue weighted by Gasteiger charge is -2.01. The molecule has 0 aliphatic heterocycles. The van der Waals surface area contributed by atoms with E-state index >= 15 is 0 Å². The fourth-order valence-electron chi connectivity index (χ4n) is 1.22. The third kappa shape index (κ3) is 1.13. The van der Waals surface area contributed by atoms with Crippen LogP contribution in [0, 0.1) is 3.82 Å². The van der Waals surface area contributed by atoms with Crippen molar-refractivity contribution in [2.45, 2.75) is 0 Å². The van der Waals surface area contributed by atoms with Crippen molar-refractivity contribution >= 4 is 43.1 Å². The number of aromatic nitrogens is 2. The first-order valence-electron chi connectivity index (χ1n) is 3.73. The summed E-state index contributed by atoms with van der Waals surface area (Å²) < 4.78 is 3.09. The molecular formula is C7H6N2O2S3. The van der Waals surface area contributed by atoms with Crippen LogP contribution in [-0.2, 0) is 14.1 Å². The molecule has 14 heavy (non-hydrogen) atoms. The van der Waals surface area contributed by atoms with Crippen LogP contribution in [-0.4, -0.2) is 9.13 Å². The van der Waals surface area contributed by atoms with Gasteiger partial charge in [-0.2, -0.15) is 0 Å². The maximum Gasteiger partial charge on any atom is 0.331 e. The van der Waals surface area contributed by atoms with E-state index in [-0.39, 0.29) is 11.2 Å². The molecule has 0 bridgehead atoms. The van der Waals surface area contributed by atoms with Gasteiger partial charge in [-0.3, -0.25) is 13.9 Å². The summed E-state index contributed by atoms with van der Waals surface area (Å²) in [5.74, 6) is 0. The smallest absolute Gasteiger partial charge is 0.287 e. The topological polar surface area (TPSA) is 44.0 Å². The highest BCUT2D eigenvalue weighted by atomic mass is 32.9. The predicted octanol–water partition coefficient (Wildman–Crippen LogP) is 1.09. The van der Waals surface area contributed by atoms with Crippen molar-refractivity contribution < 1.29 is 0 Å². The fraction of sp³-hybridized carbons (Fsp3) is 0.286. The SMILES string of the molecule is Cn1c(=O)c2c(=S)ssc2n(C)c1=O. The average molecular weight is 246 g/mol. The molecule has 7 heteroatoms. The minimum atomic E-state index is -0.313. The van der Waals surface area contributed by atoms with Gasteiger partial charge in [-0.15, -0.1) is 0 Å². The van der Waals surface area contributed by atoms with E-state index in [1.165, 1.54) is 32.3 Å². The number of aryl methyl sites for hydroxylation is 1. The zero-order chi connectivity index (χ0) is 10.5. The first-order chi connectivity index (χ1) is 6.54. The summed E-state index contributed by atoms with van der Waals surface area (Å²) in [4.78, 5) is 23.9. The Morgan fingerprint density at radius 1 is 1.14 bits per heavy atom. The van der Waals surface area contributed by atoms with E-state index in [0.29, 0.717) is 14.0 Å². The highest BCUT2D eigenvalue weighted by Gasteiger charge is 2.11. The number of fused-ring (bicyclic) bond motifs is 1. The molecule has 0 aliphatic rings. The monoisotopic (exact) mass is 246 g/mol. The molecule has 0 radical (unpaired) electrons. The second kappa shape index (κ2) is 3.11. The molecule has 0 saturated heterocycles. The van der Waals surface area contributed by atoms with Gasteiger partial charge in [0.15, 0.2) is 0 Å². The first kappa shape index (κ1) is 9.75. The molecule has 0 unspecified atom stereocenters. The molecule has 0 fully saturated rings. The van der Waals surface area contributed by atoms with Crippen LogP contribution in [0.25, 0.3) is 10.2 Å². The standard InChI is InChI=1S/C7H6N2O2S3/c1-8-4(10)3-5(9(2)7(8)11)13-14-6(3)12/h1-2H3. The molecule has 0 aromatic carbocycles. The minimum absolute atomic E-state index is 0.300. The summed E-state index contributed by atoms with van der Waals surface area (Å²) >= 11 is 5.04. The Bertz CT molecular complexity index is 673. The van der Waals surface area contributed by atoms with Crippen molar-refractivity contribution in [3.05, 3.63) is 24.7 Å². The van der Waals surface area contributed by atoms with Gasteiger partial charge in [-0.25, -0.2) is 4.79 Å². The van der Waals surface area contributed by atoms with E-state index < -0.39 is 0 Å². The van der Waals surface area contributed by atoms with Gasteiger partial charge in [0.25, 0.3) is 5.56 Å². The van der Waals surface area contributed by atoms with Crippen molar-refractivity contribution in [1.29, 1.82) is 0 Å². The lowest BCUT2D eigenvalue weighted by atomic mass is 10.4. The van der Waals surface area contributed by atoms with Crippen LogP contribution in [0.15, 0.2) is 9.59 Å². The Kier molecular flexibility index (Phi) is 2.17. The van der Waals surface area contributed by atoms with Crippen molar-refractivity contribution in [3.63, 3.8) is 0 Å². The van der Waals surface area contributed by atoms with Crippen LogP contribution in [0.4, 0.5) is 0 Å². The Labute approximate surface area is 91.1 Å². The lowest BCUT2D eigenvalue weighted by molar-refractivity contribution is 0.717. The molecule has 2 aromatic heterocycles. The zero-order valence-corrected chi connectivity index (χ0v) is 9.89. The van der Waals surface area contributed by atoms with E-state index in [9.17, 15) is 9.59 Å². The molecule has 0 saturated carbocycles. The zero-order valence-electron chi connectivity index (χ0n) is 7.44. The molecular weight excluding hydrogens is 240 g/mol. The molecule has 2 aromatic rings. The number of hydrogen-bond donors (Lipinski definition) is 0. The maximum atomic E-state index is 11.7. The van der Waals surface area contributed by atoms with Gasteiger partial charge in [-0.1, -0.05) is 32.9 Å². The molecule has 0 atom stereocenters. The van der Waals surface area contributed by atoms with Gasteiger partial charge in [0.05, 0.1) is 0 Å². The summed E-state index contributed by atoms with van der Waals surface area (Å²) in [5, 5.41) is 0.486.